The molecule has 1 amide bonds. The molecule has 3 heterocycles. The first kappa shape index (κ1) is 22.6. The van der Waals surface area contributed by atoms with Gasteiger partial charge in [-0.3, -0.25) is 4.79 Å². The third kappa shape index (κ3) is 4.32. The summed E-state index contributed by atoms with van der Waals surface area (Å²) in [7, 11) is 0. The van der Waals surface area contributed by atoms with Gasteiger partial charge >= 0.3 is 0 Å². The Hall–Kier alpha value is -3.18. The minimum absolute atomic E-state index is 0.0116. The van der Waals surface area contributed by atoms with Crippen LogP contribution in [-0.2, 0) is 6.42 Å². The molecule has 0 atom stereocenters. The fourth-order valence-corrected chi connectivity index (χ4v) is 5.16. The maximum Gasteiger partial charge on any atom is 0.251 e. The van der Waals surface area contributed by atoms with Crippen molar-refractivity contribution in [2.45, 2.75) is 58.9 Å². The molecule has 3 N–H and O–H groups in total. The Bertz CT molecular complexity index is 1350. The number of nitrogens with one attached hydrogen (secondary N) is 3. The molecule has 0 radical (unpaired) electrons. The standard InChI is InChI=1S/C29H34N4O/c1-4-5-7-20-8-6-9-21(15-20)24-16-23(29(34)32-22-10-12-30-13-11-22)19(3)27-26(24)25-14-18(2)17-31-28(25)33-27/h6,8-9,14-17,22,30H,4-5,7,10-13H2,1-3H3,(H,31,33)(H,32,34). The van der Waals surface area contributed by atoms with Crippen molar-refractivity contribution < 1.29 is 4.79 Å². The highest BCUT2D eigenvalue weighted by molar-refractivity contribution is 6.17. The Morgan fingerprint density at radius 3 is 2.76 bits per heavy atom. The molecule has 5 rings (SSSR count). The molecule has 176 valence electrons. The second-order valence-electron chi connectivity index (χ2n) is 9.68. The van der Waals surface area contributed by atoms with Gasteiger partial charge in [0.25, 0.3) is 5.91 Å². The van der Waals surface area contributed by atoms with Crippen molar-refractivity contribution in [1.82, 2.24) is 20.6 Å². The first-order valence-corrected chi connectivity index (χ1v) is 12.6. The topological polar surface area (TPSA) is 69.8 Å². The number of benzene rings is 2. The molecule has 0 spiro atoms. The number of fused-ring (bicyclic) bond motifs is 3. The molecule has 2 aromatic heterocycles. The fraction of sp³-hybridized carbons (Fsp3) is 0.379. The van der Waals surface area contributed by atoms with Gasteiger partial charge in [-0.1, -0.05) is 37.6 Å². The maximum atomic E-state index is 13.5. The summed E-state index contributed by atoms with van der Waals surface area (Å²) < 4.78 is 0. The van der Waals surface area contributed by atoms with Gasteiger partial charge < -0.3 is 15.6 Å². The predicted molar refractivity (Wildman–Crippen MR) is 140 cm³/mol. The van der Waals surface area contributed by atoms with Gasteiger partial charge in [-0.25, -0.2) is 4.98 Å². The fourth-order valence-electron chi connectivity index (χ4n) is 5.16. The summed E-state index contributed by atoms with van der Waals surface area (Å²) in [5, 5.41) is 8.92. The van der Waals surface area contributed by atoms with Gasteiger partial charge in [0.05, 0.1) is 5.52 Å². The van der Waals surface area contributed by atoms with Crippen LogP contribution in [0.2, 0.25) is 0 Å². The van der Waals surface area contributed by atoms with Crippen LogP contribution < -0.4 is 10.6 Å². The number of carbonyl (C=O) groups is 1. The Morgan fingerprint density at radius 1 is 1.15 bits per heavy atom. The van der Waals surface area contributed by atoms with Crippen LogP contribution in [0.25, 0.3) is 33.1 Å². The number of aryl methyl sites for hydroxylation is 3. The lowest BCUT2D eigenvalue weighted by Gasteiger charge is -2.24. The summed E-state index contributed by atoms with van der Waals surface area (Å²) in [6.45, 7) is 8.24. The van der Waals surface area contributed by atoms with Crippen LogP contribution in [0, 0.1) is 13.8 Å². The van der Waals surface area contributed by atoms with Gasteiger partial charge in [-0.05, 0) is 92.6 Å². The van der Waals surface area contributed by atoms with Gasteiger partial charge in [-0.15, -0.1) is 0 Å². The largest absolute Gasteiger partial charge is 0.349 e. The van der Waals surface area contributed by atoms with E-state index < -0.39 is 0 Å². The molecule has 0 bridgehead atoms. The molecule has 0 unspecified atom stereocenters. The molecule has 5 heteroatoms. The maximum absolute atomic E-state index is 13.5. The lowest BCUT2D eigenvalue weighted by Crippen LogP contribution is -2.42. The first-order valence-electron chi connectivity index (χ1n) is 12.6. The second kappa shape index (κ2) is 9.59. The summed E-state index contributed by atoms with van der Waals surface area (Å²) in [5.74, 6) is 0.0116. The van der Waals surface area contributed by atoms with Crippen molar-refractivity contribution in [2.75, 3.05) is 13.1 Å². The van der Waals surface area contributed by atoms with Crippen molar-refractivity contribution in [2.24, 2.45) is 0 Å². The Balaban J connectivity index is 1.68. The summed E-state index contributed by atoms with van der Waals surface area (Å²) in [4.78, 5) is 21.7. The molecule has 5 nitrogen and oxygen atoms in total. The zero-order chi connectivity index (χ0) is 23.7. The molecule has 4 aromatic rings. The quantitative estimate of drug-likeness (QED) is 0.344. The van der Waals surface area contributed by atoms with Crippen LogP contribution >= 0.6 is 0 Å². The molecule has 1 fully saturated rings. The van der Waals surface area contributed by atoms with E-state index in [4.69, 9.17) is 0 Å². The minimum Gasteiger partial charge on any atom is -0.349 e. The van der Waals surface area contributed by atoms with E-state index in [1.165, 1.54) is 18.4 Å². The van der Waals surface area contributed by atoms with Gasteiger partial charge in [0.2, 0.25) is 0 Å². The number of aromatic nitrogens is 2. The molecule has 2 aromatic carbocycles. The lowest BCUT2D eigenvalue weighted by atomic mass is 9.92. The number of pyridine rings is 1. The number of H-pyrrole nitrogens is 1. The van der Waals surface area contributed by atoms with Gasteiger partial charge in [0.15, 0.2) is 0 Å². The molecule has 1 aliphatic rings. The number of hydrogen-bond acceptors (Lipinski definition) is 3. The highest BCUT2D eigenvalue weighted by atomic mass is 16.1. The normalized spacial score (nSPS) is 14.7. The third-order valence-corrected chi connectivity index (χ3v) is 7.10. The number of piperidine rings is 1. The number of carbonyl (C=O) groups excluding carboxylic acids is 1. The second-order valence-corrected chi connectivity index (χ2v) is 9.68. The molecule has 1 aliphatic heterocycles. The number of nitrogens with zero attached hydrogens (tertiary/aromatic N) is 1. The van der Waals surface area contributed by atoms with Crippen LogP contribution in [0.4, 0.5) is 0 Å². The first-order chi connectivity index (χ1) is 16.5. The van der Waals surface area contributed by atoms with E-state index in [1.807, 2.05) is 13.1 Å². The molecular weight excluding hydrogens is 420 g/mol. The zero-order valence-corrected chi connectivity index (χ0v) is 20.4. The summed E-state index contributed by atoms with van der Waals surface area (Å²) in [6, 6.07) is 13.3. The Kier molecular flexibility index (Phi) is 6.38. The van der Waals surface area contributed by atoms with Crippen molar-refractivity contribution in [3.63, 3.8) is 0 Å². The van der Waals surface area contributed by atoms with E-state index in [9.17, 15) is 4.79 Å². The van der Waals surface area contributed by atoms with Crippen molar-refractivity contribution >= 4 is 27.8 Å². The van der Waals surface area contributed by atoms with Crippen LogP contribution in [0.5, 0.6) is 0 Å². The van der Waals surface area contributed by atoms with Gasteiger partial charge in [-0.2, -0.15) is 0 Å². The smallest absolute Gasteiger partial charge is 0.251 e. The molecule has 0 saturated carbocycles. The lowest BCUT2D eigenvalue weighted by molar-refractivity contribution is 0.0929. The molecular formula is C29H34N4O. The number of rotatable bonds is 6. The predicted octanol–water partition coefficient (Wildman–Crippen LogP) is 5.82. The number of unbranched alkanes of at least 4 members (excludes halogenated alkanes) is 1. The van der Waals surface area contributed by atoms with E-state index in [0.717, 1.165) is 82.1 Å². The van der Waals surface area contributed by atoms with Crippen LogP contribution in [0.3, 0.4) is 0 Å². The monoisotopic (exact) mass is 454 g/mol. The Labute approximate surface area is 201 Å². The number of hydrogen-bond donors (Lipinski definition) is 3. The highest BCUT2D eigenvalue weighted by Crippen LogP contribution is 2.38. The average Bonchev–Trinajstić information content (AvgIpc) is 3.23. The summed E-state index contributed by atoms with van der Waals surface area (Å²) in [5.41, 5.74) is 8.28. The molecule has 34 heavy (non-hydrogen) atoms. The minimum atomic E-state index is 0.0116. The van der Waals surface area contributed by atoms with Crippen LogP contribution in [-0.4, -0.2) is 35.0 Å². The highest BCUT2D eigenvalue weighted by Gasteiger charge is 2.22. The van der Waals surface area contributed by atoms with E-state index in [1.54, 1.807) is 0 Å². The van der Waals surface area contributed by atoms with Crippen molar-refractivity contribution in [3.8, 4) is 11.1 Å². The zero-order valence-electron chi connectivity index (χ0n) is 20.4. The number of amides is 1. The van der Waals surface area contributed by atoms with E-state index in [0.29, 0.717) is 0 Å². The van der Waals surface area contributed by atoms with Gasteiger partial charge in [0, 0.05) is 28.6 Å². The van der Waals surface area contributed by atoms with E-state index >= 15 is 0 Å². The average molecular weight is 455 g/mol. The van der Waals surface area contributed by atoms with Crippen LogP contribution in [0.15, 0.2) is 42.6 Å². The van der Waals surface area contributed by atoms with Crippen LogP contribution in [0.1, 0.15) is 59.7 Å². The number of aromatic amines is 1. The van der Waals surface area contributed by atoms with Crippen molar-refractivity contribution in [3.05, 3.63) is 64.8 Å². The Morgan fingerprint density at radius 2 is 1.97 bits per heavy atom. The third-order valence-electron chi connectivity index (χ3n) is 7.10. The molecule has 0 aliphatic carbocycles. The summed E-state index contributed by atoms with van der Waals surface area (Å²) in [6.07, 6.45) is 7.24. The SMILES string of the molecule is CCCCc1cccc(-c2cc(C(=O)NC3CCNCC3)c(C)c3[nH]c4ncc(C)cc4c23)c1. The van der Waals surface area contributed by atoms with E-state index in [-0.39, 0.29) is 11.9 Å². The van der Waals surface area contributed by atoms with Gasteiger partial charge in [0.1, 0.15) is 5.65 Å². The van der Waals surface area contributed by atoms with Crippen molar-refractivity contribution in [1.29, 1.82) is 0 Å². The van der Waals surface area contributed by atoms with E-state index in [2.05, 4.69) is 70.8 Å². The summed E-state index contributed by atoms with van der Waals surface area (Å²) >= 11 is 0. The molecule has 1 saturated heterocycles.